The lowest BCUT2D eigenvalue weighted by atomic mass is 10.1. The van der Waals surface area contributed by atoms with E-state index in [1.807, 2.05) is 0 Å². The second kappa shape index (κ2) is 4.13. The highest BCUT2D eigenvalue weighted by Crippen LogP contribution is 2.20. The van der Waals surface area contributed by atoms with Gasteiger partial charge in [-0.05, 0) is 18.6 Å². The number of halogens is 2. The average molecular weight is 201 g/mol. The molecule has 0 amide bonds. The van der Waals surface area contributed by atoms with E-state index < -0.39 is 12.4 Å². The maximum Gasteiger partial charge on any atom is 0.339 e. The zero-order valence-electron chi connectivity index (χ0n) is 7.75. The van der Waals surface area contributed by atoms with E-state index in [9.17, 15) is 13.6 Å². The molecule has 3 nitrogen and oxygen atoms in total. The Labute approximate surface area is 79.7 Å². The molecule has 0 spiro atoms. The summed E-state index contributed by atoms with van der Waals surface area (Å²) in [7, 11) is 1.22. The second-order valence-electron chi connectivity index (χ2n) is 2.72. The minimum absolute atomic E-state index is 0.175. The van der Waals surface area contributed by atoms with Crippen LogP contribution in [0.4, 0.5) is 8.78 Å². The standard InChI is InChI=1S/C9H9F2NO2/c1-5-3-6(9(13)14-2)4-12-7(5)8(10)11/h3-4,8H,1-2H3. The normalized spacial score (nSPS) is 10.4. The number of aryl methyl sites for hydroxylation is 1. The molecule has 0 unspecified atom stereocenters. The van der Waals surface area contributed by atoms with Crippen molar-refractivity contribution in [2.75, 3.05) is 7.11 Å². The van der Waals surface area contributed by atoms with Crippen molar-refractivity contribution in [2.45, 2.75) is 13.3 Å². The van der Waals surface area contributed by atoms with E-state index in [0.29, 0.717) is 0 Å². The molecule has 0 radical (unpaired) electrons. The molecule has 76 valence electrons. The van der Waals surface area contributed by atoms with Crippen molar-refractivity contribution in [1.82, 2.24) is 4.98 Å². The molecule has 0 aliphatic carbocycles. The van der Waals surface area contributed by atoms with Crippen LogP contribution in [0.5, 0.6) is 0 Å². The van der Waals surface area contributed by atoms with Gasteiger partial charge < -0.3 is 4.74 Å². The predicted octanol–water partition coefficient (Wildman–Crippen LogP) is 2.11. The summed E-state index contributed by atoms with van der Waals surface area (Å²) in [6.07, 6.45) is -1.54. The summed E-state index contributed by atoms with van der Waals surface area (Å²) in [6.45, 7) is 1.47. The maximum atomic E-state index is 12.3. The van der Waals surface area contributed by atoms with Crippen molar-refractivity contribution in [3.8, 4) is 0 Å². The minimum atomic E-state index is -2.62. The van der Waals surface area contributed by atoms with Crippen LogP contribution < -0.4 is 0 Å². The van der Waals surface area contributed by atoms with Crippen LogP contribution in [0.15, 0.2) is 12.3 Å². The fraction of sp³-hybridized carbons (Fsp3) is 0.333. The molecule has 0 bridgehead atoms. The van der Waals surface area contributed by atoms with Gasteiger partial charge in [-0.3, -0.25) is 4.98 Å². The van der Waals surface area contributed by atoms with Crippen LogP contribution >= 0.6 is 0 Å². The van der Waals surface area contributed by atoms with E-state index in [2.05, 4.69) is 9.72 Å². The first-order valence-electron chi connectivity index (χ1n) is 3.89. The second-order valence-corrected chi connectivity index (χ2v) is 2.72. The smallest absolute Gasteiger partial charge is 0.339 e. The lowest BCUT2D eigenvalue weighted by molar-refractivity contribution is 0.0599. The Balaban J connectivity index is 3.06. The van der Waals surface area contributed by atoms with Crippen molar-refractivity contribution >= 4 is 5.97 Å². The Kier molecular flexibility index (Phi) is 3.11. The molecule has 0 saturated carbocycles. The molecule has 1 rings (SSSR count). The number of aromatic nitrogens is 1. The molecule has 5 heteroatoms. The van der Waals surface area contributed by atoms with Crippen LogP contribution in [-0.4, -0.2) is 18.1 Å². The van der Waals surface area contributed by atoms with Gasteiger partial charge in [-0.2, -0.15) is 0 Å². The quantitative estimate of drug-likeness (QED) is 0.688. The molecule has 0 saturated heterocycles. The number of nitrogens with zero attached hydrogens (tertiary/aromatic N) is 1. The van der Waals surface area contributed by atoms with Gasteiger partial charge in [-0.1, -0.05) is 0 Å². The summed E-state index contributed by atoms with van der Waals surface area (Å²) in [5.41, 5.74) is 0.148. The fourth-order valence-electron chi connectivity index (χ4n) is 1.04. The first-order chi connectivity index (χ1) is 6.56. The molecule has 0 aliphatic rings. The van der Waals surface area contributed by atoms with Gasteiger partial charge in [-0.15, -0.1) is 0 Å². The molecule has 0 fully saturated rings. The lowest BCUT2D eigenvalue weighted by Gasteiger charge is -2.05. The number of carbonyl (C=O) groups excluding carboxylic acids is 1. The lowest BCUT2D eigenvalue weighted by Crippen LogP contribution is -2.04. The molecule has 0 aliphatic heterocycles. The molecule has 0 N–H and O–H groups in total. The van der Waals surface area contributed by atoms with Gasteiger partial charge in [0.1, 0.15) is 5.69 Å². The molecule has 0 aromatic carbocycles. The number of pyridine rings is 1. The monoisotopic (exact) mass is 201 g/mol. The third-order valence-electron chi connectivity index (χ3n) is 1.75. The van der Waals surface area contributed by atoms with E-state index in [4.69, 9.17) is 0 Å². The topological polar surface area (TPSA) is 39.2 Å². The summed E-state index contributed by atoms with van der Waals surface area (Å²) >= 11 is 0. The predicted molar refractivity (Wildman–Crippen MR) is 45.3 cm³/mol. The van der Waals surface area contributed by atoms with E-state index in [0.717, 1.165) is 6.20 Å². The van der Waals surface area contributed by atoms with Crippen LogP contribution in [0.25, 0.3) is 0 Å². The van der Waals surface area contributed by atoms with Crippen LogP contribution in [0.1, 0.15) is 28.0 Å². The maximum absolute atomic E-state index is 12.3. The Morgan fingerprint density at radius 3 is 2.64 bits per heavy atom. The zero-order chi connectivity index (χ0) is 10.7. The summed E-state index contributed by atoms with van der Waals surface area (Å²) in [5.74, 6) is -0.582. The molecule has 1 heterocycles. The zero-order valence-corrected chi connectivity index (χ0v) is 7.75. The molecule has 1 aromatic heterocycles. The number of hydrogen-bond acceptors (Lipinski definition) is 3. The third-order valence-corrected chi connectivity index (χ3v) is 1.75. The van der Waals surface area contributed by atoms with Crippen molar-refractivity contribution < 1.29 is 18.3 Å². The summed E-state index contributed by atoms with van der Waals surface area (Å²) in [5, 5.41) is 0. The summed E-state index contributed by atoms with van der Waals surface area (Å²) in [4.78, 5) is 14.5. The van der Waals surface area contributed by atoms with Crippen LogP contribution in [0, 0.1) is 6.92 Å². The van der Waals surface area contributed by atoms with E-state index >= 15 is 0 Å². The van der Waals surface area contributed by atoms with Crippen molar-refractivity contribution in [1.29, 1.82) is 0 Å². The highest BCUT2D eigenvalue weighted by Gasteiger charge is 2.14. The Morgan fingerprint density at radius 2 is 2.21 bits per heavy atom. The molecule has 0 atom stereocenters. The number of carbonyl (C=O) groups is 1. The van der Waals surface area contributed by atoms with Gasteiger partial charge in [0.2, 0.25) is 0 Å². The van der Waals surface area contributed by atoms with E-state index in [-0.39, 0.29) is 16.8 Å². The van der Waals surface area contributed by atoms with Gasteiger partial charge in [-0.25, -0.2) is 13.6 Å². The van der Waals surface area contributed by atoms with Gasteiger partial charge in [0.15, 0.2) is 0 Å². The Morgan fingerprint density at radius 1 is 1.57 bits per heavy atom. The van der Waals surface area contributed by atoms with Crippen LogP contribution in [0.3, 0.4) is 0 Å². The van der Waals surface area contributed by atoms with Gasteiger partial charge in [0, 0.05) is 6.20 Å². The Bertz CT molecular complexity index is 353. The largest absolute Gasteiger partial charge is 0.465 e. The third kappa shape index (κ3) is 2.04. The summed E-state index contributed by atoms with van der Waals surface area (Å²) in [6, 6.07) is 1.33. The highest BCUT2D eigenvalue weighted by molar-refractivity contribution is 5.89. The molecular weight excluding hydrogens is 192 g/mol. The summed E-state index contributed by atoms with van der Waals surface area (Å²) < 4.78 is 29.0. The number of ether oxygens (including phenoxy) is 1. The molecular formula is C9H9F2NO2. The number of rotatable bonds is 2. The first kappa shape index (κ1) is 10.6. The minimum Gasteiger partial charge on any atom is -0.465 e. The number of alkyl halides is 2. The van der Waals surface area contributed by atoms with Gasteiger partial charge in [0.05, 0.1) is 12.7 Å². The molecule has 1 aromatic rings. The van der Waals surface area contributed by atoms with Crippen LogP contribution in [0.2, 0.25) is 0 Å². The Hall–Kier alpha value is -1.52. The molecule has 14 heavy (non-hydrogen) atoms. The van der Waals surface area contributed by atoms with Crippen molar-refractivity contribution in [3.05, 3.63) is 29.1 Å². The first-order valence-corrected chi connectivity index (χ1v) is 3.89. The van der Waals surface area contributed by atoms with Gasteiger partial charge >= 0.3 is 5.97 Å². The fourth-order valence-corrected chi connectivity index (χ4v) is 1.04. The van der Waals surface area contributed by atoms with Crippen molar-refractivity contribution in [2.24, 2.45) is 0 Å². The van der Waals surface area contributed by atoms with Crippen LogP contribution in [-0.2, 0) is 4.74 Å². The SMILES string of the molecule is COC(=O)c1cnc(C(F)F)c(C)c1. The highest BCUT2D eigenvalue weighted by atomic mass is 19.3. The number of methoxy groups -OCH3 is 1. The van der Waals surface area contributed by atoms with Gasteiger partial charge in [0.25, 0.3) is 6.43 Å². The van der Waals surface area contributed by atoms with E-state index in [1.165, 1.54) is 20.1 Å². The average Bonchev–Trinajstić information content (AvgIpc) is 2.15. The van der Waals surface area contributed by atoms with Crippen molar-refractivity contribution in [3.63, 3.8) is 0 Å². The van der Waals surface area contributed by atoms with E-state index in [1.54, 1.807) is 0 Å². The number of hydrogen-bond donors (Lipinski definition) is 0. The number of esters is 1.